The van der Waals surface area contributed by atoms with Gasteiger partial charge < -0.3 is 10.2 Å². The quantitative estimate of drug-likeness (QED) is 0.717. The molecule has 1 aromatic rings. The molecule has 0 atom stereocenters. The molecule has 0 unspecified atom stereocenters. The second-order valence-corrected chi connectivity index (χ2v) is 6.52. The molecular formula is C17H32N4. The van der Waals surface area contributed by atoms with Gasteiger partial charge in [0.1, 0.15) is 0 Å². The second-order valence-electron chi connectivity index (χ2n) is 6.52. The predicted octanol–water partition coefficient (Wildman–Crippen LogP) is 3.48. The van der Waals surface area contributed by atoms with Crippen LogP contribution in [-0.4, -0.2) is 29.6 Å². The van der Waals surface area contributed by atoms with Crippen molar-refractivity contribution < 1.29 is 0 Å². The average Bonchev–Trinajstić information content (AvgIpc) is 2.45. The summed E-state index contributed by atoms with van der Waals surface area (Å²) in [7, 11) is 0. The van der Waals surface area contributed by atoms with Crippen molar-refractivity contribution >= 4 is 5.95 Å². The van der Waals surface area contributed by atoms with Gasteiger partial charge in [-0.2, -0.15) is 0 Å². The van der Waals surface area contributed by atoms with E-state index in [-0.39, 0.29) is 0 Å². The van der Waals surface area contributed by atoms with Crippen LogP contribution in [0.5, 0.6) is 0 Å². The number of hydrogen-bond donors (Lipinski definition) is 1. The van der Waals surface area contributed by atoms with E-state index in [2.05, 4.69) is 54.8 Å². The van der Waals surface area contributed by atoms with Crippen LogP contribution in [0.4, 0.5) is 5.95 Å². The largest absolute Gasteiger partial charge is 0.341 e. The summed E-state index contributed by atoms with van der Waals surface area (Å²) >= 11 is 0. The molecule has 1 rings (SSSR count). The average molecular weight is 292 g/mol. The van der Waals surface area contributed by atoms with Gasteiger partial charge in [0, 0.05) is 37.6 Å². The van der Waals surface area contributed by atoms with Crippen LogP contribution >= 0.6 is 0 Å². The van der Waals surface area contributed by atoms with Gasteiger partial charge in [0.2, 0.25) is 5.95 Å². The predicted molar refractivity (Wildman–Crippen MR) is 90.5 cm³/mol. The molecule has 0 radical (unpaired) electrons. The lowest BCUT2D eigenvalue weighted by Gasteiger charge is -2.24. The summed E-state index contributed by atoms with van der Waals surface area (Å²) in [5, 5.41) is 3.30. The van der Waals surface area contributed by atoms with Crippen LogP contribution in [0.25, 0.3) is 0 Å². The Bertz CT molecular complexity index is 361. The van der Waals surface area contributed by atoms with Gasteiger partial charge in [-0.1, -0.05) is 34.6 Å². The Labute approximate surface area is 130 Å². The molecule has 4 nitrogen and oxygen atoms in total. The van der Waals surface area contributed by atoms with Gasteiger partial charge in [0.05, 0.1) is 0 Å². The van der Waals surface area contributed by atoms with Crippen LogP contribution in [0.1, 0.15) is 53.0 Å². The van der Waals surface area contributed by atoms with Gasteiger partial charge in [-0.3, -0.25) is 0 Å². The Balaban J connectivity index is 2.66. The molecule has 0 saturated heterocycles. The van der Waals surface area contributed by atoms with Crippen molar-refractivity contribution in [1.82, 2.24) is 15.3 Å². The van der Waals surface area contributed by atoms with Crippen LogP contribution in [0.2, 0.25) is 0 Å². The van der Waals surface area contributed by atoms with Crippen molar-refractivity contribution in [2.45, 2.75) is 54.0 Å². The van der Waals surface area contributed by atoms with Crippen molar-refractivity contribution in [2.24, 2.45) is 11.8 Å². The summed E-state index contributed by atoms with van der Waals surface area (Å²) < 4.78 is 0. The first-order valence-corrected chi connectivity index (χ1v) is 8.29. The lowest BCUT2D eigenvalue weighted by Crippen LogP contribution is -2.29. The zero-order valence-corrected chi connectivity index (χ0v) is 14.4. The topological polar surface area (TPSA) is 41.1 Å². The van der Waals surface area contributed by atoms with E-state index in [1.54, 1.807) is 0 Å². The van der Waals surface area contributed by atoms with Crippen molar-refractivity contribution in [3.05, 3.63) is 18.0 Å². The fourth-order valence-electron chi connectivity index (χ4n) is 2.01. The third-order valence-electron chi connectivity index (χ3n) is 3.51. The van der Waals surface area contributed by atoms with Crippen LogP contribution in [0.3, 0.4) is 0 Å². The van der Waals surface area contributed by atoms with E-state index in [0.29, 0.717) is 11.8 Å². The SMILES string of the molecule is CCNCc1cnc(N(CCC(C)C)CCC(C)C)nc1. The third kappa shape index (κ3) is 7.42. The number of hydrogen-bond acceptors (Lipinski definition) is 4. The van der Waals surface area contributed by atoms with Crippen LogP contribution < -0.4 is 10.2 Å². The van der Waals surface area contributed by atoms with Gasteiger partial charge in [-0.15, -0.1) is 0 Å². The molecule has 0 bridgehead atoms. The minimum Gasteiger partial charge on any atom is -0.341 e. The molecule has 0 aliphatic rings. The Kier molecular flexibility index (Phi) is 8.28. The van der Waals surface area contributed by atoms with Gasteiger partial charge in [0.25, 0.3) is 0 Å². The molecular weight excluding hydrogens is 260 g/mol. The Morgan fingerprint density at radius 1 is 1.00 bits per heavy atom. The summed E-state index contributed by atoms with van der Waals surface area (Å²) in [6.45, 7) is 15.1. The summed E-state index contributed by atoms with van der Waals surface area (Å²) in [6, 6.07) is 0. The Morgan fingerprint density at radius 3 is 1.95 bits per heavy atom. The highest BCUT2D eigenvalue weighted by atomic mass is 15.2. The Morgan fingerprint density at radius 2 is 1.52 bits per heavy atom. The maximum Gasteiger partial charge on any atom is 0.225 e. The number of anilines is 1. The fourth-order valence-corrected chi connectivity index (χ4v) is 2.01. The van der Waals surface area contributed by atoms with Crippen molar-refractivity contribution in [2.75, 3.05) is 24.5 Å². The minimum atomic E-state index is 0.708. The molecule has 1 N–H and O–H groups in total. The molecule has 0 saturated carbocycles. The number of nitrogens with one attached hydrogen (secondary N) is 1. The fraction of sp³-hybridized carbons (Fsp3) is 0.765. The normalized spacial score (nSPS) is 11.4. The van der Waals surface area contributed by atoms with Crippen molar-refractivity contribution in [1.29, 1.82) is 0 Å². The summed E-state index contributed by atoms with van der Waals surface area (Å²) in [5.41, 5.74) is 1.15. The minimum absolute atomic E-state index is 0.708. The van der Waals surface area contributed by atoms with Crippen LogP contribution in [0.15, 0.2) is 12.4 Å². The lowest BCUT2D eigenvalue weighted by atomic mass is 10.1. The van der Waals surface area contributed by atoms with Gasteiger partial charge in [0.15, 0.2) is 0 Å². The van der Waals surface area contributed by atoms with E-state index in [1.807, 2.05) is 12.4 Å². The number of rotatable bonds is 10. The van der Waals surface area contributed by atoms with Crippen molar-refractivity contribution in [3.8, 4) is 0 Å². The van der Waals surface area contributed by atoms with E-state index < -0.39 is 0 Å². The molecule has 21 heavy (non-hydrogen) atoms. The molecule has 1 aromatic heterocycles. The number of nitrogens with zero attached hydrogens (tertiary/aromatic N) is 3. The molecule has 0 aromatic carbocycles. The maximum atomic E-state index is 4.56. The van der Waals surface area contributed by atoms with Gasteiger partial charge >= 0.3 is 0 Å². The second kappa shape index (κ2) is 9.72. The molecule has 120 valence electrons. The molecule has 0 amide bonds. The van der Waals surface area contributed by atoms with Crippen LogP contribution in [0, 0.1) is 11.8 Å². The summed E-state index contributed by atoms with van der Waals surface area (Å²) in [5.74, 6) is 2.29. The lowest BCUT2D eigenvalue weighted by molar-refractivity contribution is 0.530. The zero-order valence-electron chi connectivity index (χ0n) is 14.4. The summed E-state index contributed by atoms with van der Waals surface area (Å²) in [6.07, 6.45) is 6.26. The molecule has 0 spiro atoms. The standard InChI is InChI=1S/C17H32N4/c1-6-18-11-16-12-19-17(20-13-16)21(9-7-14(2)3)10-8-15(4)5/h12-15,18H,6-11H2,1-5H3. The Hall–Kier alpha value is -1.16. The van der Waals surface area contributed by atoms with E-state index in [4.69, 9.17) is 0 Å². The van der Waals surface area contributed by atoms with Crippen LogP contribution in [-0.2, 0) is 6.54 Å². The first kappa shape index (κ1) is 17.9. The molecule has 0 aliphatic carbocycles. The molecule has 0 fully saturated rings. The summed E-state index contributed by atoms with van der Waals surface area (Å²) in [4.78, 5) is 11.5. The first-order valence-electron chi connectivity index (χ1n) is 8.29. The zero-order chi connectivity index (χ0) is 15.7. The maximum absolute atomic E-state index is 4.56. The van der Waals surface area contributed by atoms with Gasteiger partial charge in [-0.05, 0) is 31.2 Å². The third-order valence-corrected chi connectivity index (χ3v) is 3.51. The van der Waals surface area contributed by atoms with Crippen molar-refractivity contribution in [3.63, 3.8) is 0 Å². The number of aromatic nitrogens is 2. The highest BCUT2D eigenvalue weighted by Crippen LogP contribution is 2.13. The van der Waals surface area contributed by atoms with E-state index in [0.717, 1.165) is 37.7 Å². The van der Waals surface area contributed by atoms with E-state index in [9.17, 15) is 0 Å². The molecule has 4 heteroatoms. The monoisotopic (exact) mass is 292 g/mol. The van der Waals surface area contributed by atoms with Gasteiger partial charge in [-0.25, -0.2) is 9.97 Å². The molecule has 1 heterocycles. The smallest absolute Gasteiger partial charge is 0.225 e. The highest BCUT2D eigenvalue weighted by molar-refractivity contribution is 5.29. The first-order chi connectivity index (χ1) is 10.0. The molecule has 0 aliphatic heterocycles. The van der Waals surface area contributed by atoms with E-state index >= 15 is 0 Å². The highest BCUT2D eigenvalue weighted by Gasteiger charge is 2.11. The van der Waals surface area contributed by atoms with E-state index in [1.165, 1.54) is 12.8 Å².